The van der Waals surface area contributed by atoms with Crippen molar-refractivity contribution in [2.45, 2.75) is 39.2 Å². The highest BCUT2D eigenvalue weighted by molar-refractivity contribution is 5.81. The van der Waals surface area contributed by atoms with E-state index in [0.717, 1.165) is 22.2 Å². The first-order chi connectivity index (χ1) is 7.39. The van der Waals surface area contributed by atoms with Crippen LogP contribution in [0, 0.1) is 0 Å². The van der Waals surface area contributed by atoms with Crippen LogP contribution in [0.3, 0.4) is 0 Å². The lowest BCUT2D eigenvalue weighted by Gasteiger charge is -2.14. The van der Waals surface area contributed by atoms with Gasteiger partial charge in [0.25, 0.3) is 0 Å². The van der Waals surface area contributed by atoms with Gasteiger partial charge in [0.1, 0.15) is 0 Å². The Morgan fingerprint density at radius 2 is 2.00 bits per heavy atom. The molecule has 0 saturated heterocycles. The maximum absolute atomic E-state index is 5.88. The molecule has 2 N–H and O–H groups in total. The SMILES string of the molecule is CC(N)c1ccc2onc(C(C)(C)C)c2c1. The molecule has 0 bridgehead atoms. The molecular weight excluding hydrogens is 200 g/mol. The molecule has 3 heteroatoms. The number of benzene rings is 1. The maximum Gasteiger partial charge on any atom is 0.167 e. The quantitative estimate of drug-likeness (QED) is 0.800. The predicted molar refractivity (Wildman–Crippen MR) is 65.3 cm³/mol. The summed E-state index contributed by atoms with van der Waals surface area (Å²) < 4.78 is 5.32. The molecule has 0 aliphatic rings. The van der Waals surface area contributed by atoms with Crippen molar-refractivity contribution in [3.63, 3.8) is 0 Å². The minimum Gasteiger partial charge on any atom is -0.356 e. The second-order valence-corrected chi connectivity index (χ2v) is 5.33. The van der Waals surface area contributed by atoms with Crippen molar-refractivity contribution in [1.82, 2.24) is 5.16 Å². The second-order valence-electron chi connectivity index (χ2n) is 5.33. The highest BCUT2D eigenvalue weighted by Gasteiger charge is 2.22. The lowest BCUT2D eigenvalue weighted by Crippen LogP contribution is -2.12. The number of aromatic nitrogens is 1. The smallest absolute Gasteiger partial charge is 0.167 e. The van der Waals surface area contributed by atoms with Crippen molar-refractivity contribution in [3.05, 3.63) is 29.5 Å². The Morgan fingerprint density at radius 3 is 2.56 bits per heavy atom. The van der Waals surface area contributed by atoms with E-state index in [4.69, 9.17) is 10.3 Å². The number of rotatable bonds is 1. The molecule has 0 fully saturated rings. The van der Waals surface area contributed by atoms with Gasteiger partial charge >= 0.3 is 0 Å². The zero-order valence-electron chi connectivity index (χ0n) is 10.2. The van der Waals surface area contributed by atoms with Gasteiger partial charge in [0.15, 0.2) is 5.58 Å². The molecule has 0 saturated carbocycles. The molecule has 86 valence electrons. The number of hydrogen-bond donors (Lipinski definition) is 1. The summed E-state index contributed by atoms with van der Waals surface area (Å²) >= 11 is 0. The van der Waals surface area contributed by atoms with E-state index in [1.54, 1.807) is 0 Å². The molecule has 0 amide bonds. The van der Waals surface area contributed by atoms with Crippen molar-refractivity contribution < 1.29 is 4.52 Å². The van der Waals surface area contributed by atoms with Crippen molar-refractivity contribution >= 4 is 11.0 Å². The minimum atomic E-state index is -0.0122. The predicted octanol–water partition coefficient (Wildman–Crippen LogP) is 3.15. The van der Waals surface area contributed by atoms with Crippen LogP contribution in [0.5, 0.6) is 0 Å². The third kappa shape index (κ3) is 1.83. The molecule has 1 aromatic carbocycles. The summed E-state index contributed by atoms with van der Waals surface area (Å²) in [5, 5.41) is 5.22. The van der Waals surface area contributed by atoms with Gasteiger partial charge in [-0.25, -0.2) is 0 Å². The van der Waals surface area contributed by atoms with Gasteiger partial charge < -0.3 is 10.3 Å². The van der Waals surface area contributed by atoms with Gasteiger partial charge in [-0.05, 0) is 24.6 Å². The van der Waals surface area contributed by atoms with Crippen LogP contribution >= 0.6 is 0 Å². The van der Waals surface area contributed by atoms with E-state index in [-0.39, 0.29) is 11.5 Å². The summed E-state index contributed by atoms with van der Waals surface area (Å²) in [6.45, 7) is 8.36. The number of nitrogens with two attached hydrogens (primary N) is 1. The summed E-state index contributed by atoms with van der Waals surface area (Å²) in [6.07, 6.45) is 0. The average Bonchev–Trinajstić information content (AvgIpc) is 2.58. The molecular formula is C13H18N2O. The Kier molecular flexibility index (Phi) is 2.50. The van der Waals surface area contributed by atoms with E-state index in [9.17, 15) is 0 Å². The zero-order valence-corrected chi connectivity index (χ0v) is 10.2. The van der Waals surface area contributed by atoms with E-state index in [1.807, 2.05) is 19.1 Å². The van der Waals surface area contributed by atoms with Crippen LogP contribution in [0.4, 0.5) is 0 Å². The van der Waals surface area contributed by atoms with Crippen LogP contribution in [0.25, 0.3) is 11.0 Å². The van der Waals surface area contributed by atoms with Gasteiger partial charge in [0.05, 0.1) is 5.69 Å². The topological polar surface area (TPSA) is 52.0 Å². The summed E-state index contributed by atoms with van der Waals surface area (Å²) in [7, 11) is 0. The summed E-state index contributed by atoms with van der Waals surface area (Å²) in [4.78, 5) is 0. The highest BCUT2D eigenvalue weighted by atomic mass is 16.5. The Balaban J connectivity index is 2.65. The van der Waals surface area contributed by atoms with Crippen molar-refractivity contribution in [2.24, 2.45) is 5.73 Å². The van der Waals surface area contributed by atoms with Crippen LogP contribution in [-0.2, 0) is 5.41 Å². The van der Waals surface area contributed by atoms with Crippen LogP contribution in [0.15, 0.2) is 22.7 Å². The number of fused-ring (bicyclic) bond motifs is 1. The Bertz CT molecular complexity index is 506. The Hall–Kier alpha value is -1.35. The van der Waals surface area contributed by atoms with Gasteiger partial charge in [-0.15, -0.1) is 0 Å². The van der Waals surface area contributed by atoms with Gasteiger partial charge in [0.2, 0.25) is 0 Å². The van der Waals surface area contributed by atoms with E-state index < -0.39 is 0 Å². The lowest BCUT2D eigenvalue weighted by molar-refractivity contribution is 0.419. The van der Waals surface area contributed by atoms with E-state index in [2.05, 4.69) is 32.0 Å². The maximum atomic E-state index is 5.88. The molecule has 0 spiro atoms. The summed E-state index contributed by atoms with van der Waals surface area (Å²) in [6, 6.07) is 6.05. The molecule has 0 aliphatic carbocycles. The Morgan fingerprint density at radius 1 is 1.31 bits per heavy atom. The highest BCUT2D eigenvalue weighted by Crippen LogP contribution is 2.30. The van der Waals surface area contributed by atoms with Gasteiger partial charge in [0, 0.05) is 16.8 Å². The Labute approximate surface area is 95.6 Å². The first-order valence-electron chi connectivity index (χ1n) is 5.55. The van der Waals surface area contributed by atoms with Crippen molar-refractivity contribution in [3.8, 4) is 0 Å². The summed E-state index contributed by atoms with van der Waals surface area (Å²) in [5.74, 6) is 0. The monoisotopic (exact) mass is 218 g/mol. The van der Waals surface area contributed by atoms with Crippen LogP contribution < -0.4 is 5.73 Å². The molecule has 1 unspecified atom stereocenters. The van der Waals surface area contributed by atoms with Crippen molar-refractivity contribution in [2.75, 3.05) is 0 Å². The molecule has 1 aromatic heterocycles. The summed E-state index contributed by atoms with van der Waals surface area (Å²) in [5.41, 5.74) is 8.80. The van der Waals surface area contributed by atoms with Crippen molar-refractivity contribution in [1.29, 1.82) is 0 Å². The van der Waals surface area contributed by atoms with Gasteiger partial charge in [-0.3, -0.25) is 0 Å². The van der Waals surface area contributed by atoms with Gasteiger partial charge in [-0.2, -0.15) is 0 Å². The first kappa shape index (κ1) is 11.1. The van der Waals surface area contributed by atoms with E-state index in [0.29, 0.717) is 0 Å². The molecule has 2 rings (SSSR count). The third-order valence-electron chi connectivity index (χ3n) is 2.73. The van der Waals surface area contributed by atoms with Gasteiger partial charge in [-0.1, -0.05) is 32.0 Å². The third-order valence-corrected chi connectivity index (χ3v) is 2.73. The molecule has 16 heavy (non-hydrogen) atoms. The van der Waals surface area contributed by atoms with E-state index in [1.165, 1.54) is 0 Å². The fourth-order valence-corrected chi connectivity index (χ4v) is 1.78. The fraction of sp³-hybridized carbons (Fsp3) is 0.462. The molecule has 2 aromatic rings. The zero-order chi connectivity index (χ0) is 11.9. The average molecular weight is 218 g/mol. The first-order valence-corrected chi connectivity index (χ1v) is 5.55. The molecule has 1 atom stereocenters. The minimum absolute atomic E-state index is 0.0122. The largest absolute Gasteiger partial charge is 0.356 e. The second kappa shape index (κ2) is 3.59. The fourth-order valence-electron chi connectivity index (χ4n) is 1.78. The van der Waals surface area contributed by atoms with Crippen LogP contribution in [0.1, 0.15) is 45.0 Å². The van der Waals surface area contributed by atoms with Crippen LogP contribution in [0.2, 0.25) is 0 Å². The van der Waals surface area contributed by atoms with E-state index >= 15 is 0 Å². The molecule has 0 radical (unpaired) electrons. The molecule has 0 aliphatic heterocycles. The number of hydrogen-bond acceptors (Lipinski definition) is 3. The lowest BCUT2D eigenvalue weighted by atomic mass is 9.89. The standard InChI is InChI=1S/C13H18N2O/c1-8(14)9-5-6-11-10(7-9)12(15-16-11)13(2,3)4/h5-8H,14H2,1-4H3. The molecule has 1 heterocycles. The number of nitrogens with zero attached hydrogens (tertiary/aromatic N) is 1. The molecule has 3 nitrogen and oxygen atoms in total. The van der Waals surface area contributed by atoms with Crippen LogP contribution in [-0.4, -0.2) is 5.16 Å². The normalized spacial score (nSPS) is 14.3.